The zero-order valence-electron chi connectivity index (χ0n) is 14.5. The van der Waals surface area contributed by atoms with Crippen molar-refractivity contribution >= 4 is 40.7 Å². The average molecular weight is 388 g/mol. The Bertz CT molecular complexity index is 871. The van der Waals surface area contributed by atoms with Gasteiger partial charge in [0.1, 0.15) is 0 Å². The Morgan fingerprint density at radius 1 is 1.08 bits per heavy atom. The van der Waals surface area contributed by atoms with E-state index in [9.17, 15) is 0 Å². The Labute approximate surface area is 163 Å². The average Bonchev–Trinajstić information content (AvgIpc) is 2.63. The summed E-state index contributed by atoms with van der Waals surface area (Å²) in [5.74, 6) is 1.12. The van der Waals surface area contributed by atoms with Gasteiger partial charge in [-0.2, -0.15) is 10.1 Å². The van der Waals surface area contributed by atoms with Gasteiger partial charge in [-0.05, 0) is 37.6 Å². The van der Waals surface area contributed by atoms with E-state index in [-0.39, 0.29) is 6.04 Å². The van der Waals surface area contributed by atoms with Crippen LogP contribution in [0.5, 0.6) is 0 Å². The molecule has 5 nitrogen and oxygen atoms in total. The lowest BCUT2D eigenvalue weighted by atomic mass is 10.2. The van der Waals surface area contributed by atoms with Crippen molar-refractivity contribution in [2.24, 2.45) is 0 Å². The number of nitrogens with zero attached hydrogens (tertiary/aromatic N) is 4. The molecule has 0 bridgehead atoms. The van der Waals surface area contributed by atoms with Crippen molar-refractivity contribution in [2.45, 2.75) is 26.4 Å². The predicted octanol–water partition coefficient (Wildman–Crippen LogP) is 5.34. The molecule has 0 aliphatic rings. The van der Waals surface area contributed by atoms with Gasteiger partial charge in [-0.15, -0.1) is 5.10 Å². The van der Waals surface area contributed by atoms with Crippen LogP contribution < -0.4 is 10.2 Å². The summed E-state index contributed by atoms with van der Waals surface area (Å²) in [6, 6.07) is 15.7. The first kappa shape index (κ1) is 18.4. The molecule has 3 rings (SSSR count). The van der Waals surface area contributed by atoms with Gasteiger partial charge in [0.25, 0.3) is 0 Å². The van der Waals surface area contributed by atoms with Crippen molar-refractivity contribution in [1.82, 2.24) is 15.2 Å². The van der Waals surface area contributed by atoms with Crippen LogP contribution in [0.4, 0.5) is 17.5 Å². The first-order valence-electron chi connectivity index (χ1n) is 8.25. The van der Waals surface area contributed by atoms with Gasteiger partial charge in [0.15, 0.2) is 5.82 Å². The molecule has 0 aliphatic carbocycles. The predicted molar refractivity (Wildman–Crippen MR) is 107 cm³/mol. The third kappa shape index (κ3) is 4.62. The Balaban J connectivity index is 1.84. The molecule has 1 aromatic heterocycles. The van der Waals surface area contributed by atoms with E-state index in [4.69, 9.17) is 23.2 Å². The molecular formula is C19H19Cl2N5. The van der Waals surface area contributed by atoms with E-state index < -0.39 is 0 Å². The highest BCUT2D eigenvalue weighted by Gasteiger charge is 2.15. The van der Waals surface area contributed by atoms with E-state index in [0.29, 0.717) is 21.7 Å². The van der Waals surface area contributed by atoms with Gasteiger partial charge in [0.2, 0.25) is 5.95 Å². The maximum atomic E-state index is 6.21. The number of anilines is 3. The van der Waals surface area contributed by atoms with Crippen LogP contribution in [0.3, 0.4) is 0 Å². The second-order valence-corrected chi connectivity index (χ2v) is 6.94. The van der Waals surface area contributed by atoms with Gasteiger partial charge in [0, 0.05) is 17.6 Å². The van der Waals surface area contributed by atoms with Crippen LogP contribution >= 0.6 is 23.2 Å². The van der Waals surface area contributed by atoms with Gasteiger partial charge in [-0.25, -0.2) is 0 Å². The van der Waals surface area contributed by atoms with Gasteiger partial charge >= 0.3 is 0 Å². The van der Waals surface area contributed by atoms with Crippen LogP contribution in [-0.2, 0) is 6.54 Å². The molecule has 0 radical (unpaired) electrons. The fourth-order valence-electron chi connectivity index (χ4n) is 2.51. The minimum atomic E-state index is 0.249. The molecule has 134 valence electrons. The second-order valence-electron chi connectivity index (χ2n) is 6.09. The van der Waals surface area contributed by atoms with Gasteiger partial charge in [-0.3, -0.25) is 0 Å². The highest BCUT2D eigenvalue weighted by molar-refractivity contribution is 6.36. The molecule has 1 heterocycles. The first-order valence-corrected chi connectivity index (χ1v) is 9.01. The molecule has 0 saturated heterocycles. The number of hydrogen-bond acceptors (Lipinski definition) is 5. The summed E-state index contributed by atoms with van der Waals surface area (Å²) < 4.78 is 0. The van der Waals surface area contributed by atoms with Crippen LogP contribution in [0.1, 0.15) is 19.4 Å². The maximum Gasteiger partial charge on any atom is 0.249 e. The molecule has 0 atom stereocenters. The highest BCUT2D eigenvalue weighted by Crippen LogP contribution is 2.27. The number of rotatable bonds is 6. The summed E-state index contributed by atoms with van der Waals surface area (Å²) >= 11 is 12.1. The van der Waals surface area contributed by atoms with Crippen LogP contribution in [0, 0.1) is 0 Å². The maximum absolute atomic E-state index is 6.21. The summed E-state index contributed by atoms with van der Waals surface area (Å²) in [6.45, 7) is 4.97. The van der Waals surface area contributed by atoms with Crippen LogP contribution in [-0.4, -0.2) is 21.2 Å². The molecule has 7 heteroatoms. The van der Waals surface area contributed by atoms with Gasteiger partial charge < -0.3 is 10.2 Å². The summed E-state index contributed by atoms with van der Waals surface area (Å²) in [7, 11) is 0. The fraction of sp³-hybridized carbons (Fsp3) is 0.211. The molecule has 1 N–H and O–H groups in total. The number of halogens is 2. The molecule has 26 heavy (non-hydrogen) atoms. The summed E-state index contributed by atoms with van der Waals surface area (Å²) in [6.07, 6.45) is 1.66. The number of hydrogen-bond donors (Lipinski definition) is 1. The zero-order chi connectivity index (χ0) is 18.5. The molecule has 0 aliphatic heterocycles. The Morgan fingerprint density at radius 3 is 2.54 bits per heavy atom. The standard InChI is InChI=1S/C19H19Cl2N5/c1-13(2)26(12-14-6-4-3-5-7-14)18-11-22-25-19(24-18)23-17-9-8-15(20)10-16(17)21/h3-11,13H,12H2,1-2H3,(H,23,24,25). The molecule has 3 aromatic rings. The minimum Gasteiger partial charge on any atom is -0.348 e. The van der Waals surface area contributed by atoms with E-state index in [2.05, 4.69) is 51.4 Å². The Hall–Kier alpha value is -2.37. The van der Waals surface area contributed by atoms with Crippen LogP contribution in [0.15, 0.2) is 54.7 Å². The van der Waals surface area contributed by atoms with Crippen molar-refractivity contribution in [2.75, 3.05) is 10.2 Å². The molecule has 2 aromatic carbocycles. The van der Waals surface area contributed by atoms with E-state index in [1.54, 1.807) is 24.4 Å². The lowest BCUT2D eigenvalue weighted by Gasteiger charge is -2.27. The summed E-state index contributed by atoms with van der Waals surface area (Å²) in [5, 5.41) is 12.3. The van der Waals surface area contributed by atoms with Crippen molar-refractivity contribution in [3.05, 3.63) is 70.3 Å². The topological polar surface area (TPSA) is 53.9 Å². The van der Waals surface area contributed by atoms with Crippen LogP contribution in [0.25, 0.3) is 0 Å². The van der Waals surface area contributed by atoms with E-state index in [1.165, 1.54) is 5.56 Å². The Kier molecular flexibility index (Phi) is 5.91. The van der Waals surface area contributed by atoms with Gasteiger partial charge in [-0.1, -0.05) is 53.5 Å². The normalized spacial score (nSPS) is 10.8. The lowest BCUT2D eigenvalue weighted by Crippen LogP contribution is -2.31. The number of benzene rings is 2. The zero-order valence-corrected chi connectivity index (χ0v) is 16.0. The summed E-state index contributed by atoms with van der Waals surface area (Å²) in [5.41, 5.74) is 1.88. The van der Waals surface area contributed by atoms with Crippen molar-refractivity contribution in [1.29, 1.82) is 0 Å². The molecular weight excluding hydrogens is 369 g/mol. The second kappa shape index (κ2) is 8.34. The minimum absolute atomic E-state index is 0.249. The summed E-state index contributed by atoms with van der Waals surface area (Å²) in [4.78, 5) is 6.76. The first-order chi connectivity index (χ1) is 12.5. The molecule has 0 fully saturated rings. The Morgan fingerprint density at radius 2 is 1.85 bits per heavy atom. The molecule has 0 unspecified atom stereocenters. The van der Waals surface area contributed by atoms with E-state index in [1.807, 2.05) is 18.2 Å². The number of aromatic nitrogens is 3. The van der Waals surface area contributed by atoms with E-state index in [0.717, 1.165) is 12.4 Å². The third-order valence-corrected chi connectivity index (χ3v) is 4.38. The van der Waals surface area contributed by atoms with E-state index >= 15 is 0 Å². The lowest BCUT2D eigenvalue weighted by molar-refractivity contribution is 0.668. The highest BCUT2D eigenvalue weighted by atomic mass is 35.5. The SMILES string of the molecule is CC(C)N(Cc1ccccc1)c1cnnc(Nc2ccc(Cl)cc2Cl)n1. The number of nitrogens with one attached hydrogen (secondary N) is 1. The van der Waals surface area contributed by atoms with Gasteiger partial charge in [0.05, 0.1) is 16.9 Å². The quantitative estimate of drug-likeness (QED) is 0.618. The van der Waals surface area contributed by atoms with Crippen molar-refractivity contribution < 1.29 is 0 Å². The van der Waals surface area contributed by atoms with Crippen molar-refractivity contribution in [3.63, 3.8) is 0 Å². The monoisotopic (exact) mass is 387 g/mol. The molecule has 0 spiro atoms. The van der Waals surface area contributed by atoms with Crippen LogP contribution in [0.2, 0.25) is 10.0 Å². The fourth-order valence-corrected chi connectivity index (χ4v) is 2.96. The molecule has 0 amide bonds. The van der Waals surface area contributed by atoms with Crippen molar-refractivity contribution in [3.8, 4) is 0 Å². The largest absolute Gasteiger partial charge is 0.348 e. The smallest absolute Gasteiger partial charge is 0.249 e. The third-order valence-electron chi connectivity index (χ3n) is 3.84. The molecule has 0 saturated carbocycles.